The predicted octanol–water partition coefficient (Wildman–Crippen LogP) is 1.03. The summed E-state index contributed by atoms with van der Waals surface area (Å²) in [7, 11) is 0. The van der Waals surface area contributed by atoms with E-state index in [2.05, 4.69) is 0 Å². The second-order valence-electron chi connectivity index (χ2n) is 4.89. The van der Waals surface area contributed by atoms with Crippen LogP contribution in [0.1, 0.15) is 33.1 Å². The molecular weight excluding hydrogens is 196 g/mol. The van der Waals surface area contributed by atoms with E-state index in [0.29, 0.717) is 6.42 Å². The molecule has 82 valence electrons. The molecular formula is C11H14O4. The molecule has 3 fully saturated rings. The minimum absolute atomic E-state index is 0.114. The van der Waals surface area contributed by atoms with Crippen molar-refractivity contribution in [3.63, 3.8) is 0 Å². The molecule has 2 bridgehead atoms. The van der Waals surface area contributed by atoms with Crippen molar-refractivity contribution in [2.75, 3.05) is 0 Å². The molecule has 3 saturated heterocycles. The lowest BCUT2D eigenvalue weighted by Crippen LogP contribution is -2.50. The van der Waals surface area contributed by atoms with Gasteiger partial charge in [0, 0.05) is 0 Å². The zero-order valence-electron chi connectivity index (χ0n) is 8.91. The van der Waals surface area contributed by atoms with Crippen molar-refractivity contribution in [3.8, 4) is 0 Å². The number of rotatable bonds is 1. The molecule has 0 aromatic heterocycles. The van der Waals surface area contributed by atoms with Gasteiger partial charge in [-0.05, 0) is 26.2 Å². The standard InChI is InChI=1S/C11H14O4/c1-3-11-7-5-4-6(14-7)10(11,2)8(12)15-9(11)13/h6-7H,3-5H2,1-2H3/t6?,7?,10-,11+/m1/s1. The van der Waals surface area contributed by atoms with Crippen LogP contribution in [0.25, 0.3) is 0 Å². The maximum absolute atomic E-state index is 11.9. The first-order chi connectivity index (χ1) is 7.07. The fraction of sp³-hybridized carbons (Fsp3) is 0.818. The molecule has 15 heavy (non-hydrogen) atoms. The molecule has 4 heteroatoms. The Bertz CT molecular complexity index is 364. The number of hydrogen-bond acceptors (Lipinski definition) is 4. The van der Waals surface area contributed by atoms with Crippen LogP contribution >= 0.6 is 0 Å². The van der Waals surface area contributed by atoms with E-state index >= 15 is 0 Å². The summed E-state index contributed by atoms with van der Waals surface area (Å²) in [6.07, 6.45) is 2.12. The minimum atomic E-state index is -0.734. The van der Waals surface area contributed by atoms with E-state index in [0.717, 1.165) is 12.8 Å². The van der Waals surface area contributed by atoms with Crippen molar-refractivity contribution in [2.24, 2.45) is 10.8 Å². The summed E-state index contributed by atoms with van der Waals surface area (Å²) in [4.78, 5) is 23.7. The number of ether oxygens (including phenoxy) is 2. The van der Waals surface area contributed by atoms with E-state index in [4.69, 9.17) is 9.47 Å². The lowest BCUT2D eigenvalue weighted by molar-refractivity contribution is -0.159. The highest BCUT2D eigenvalue weighted by molar-refractivity contribution is 6.03. The third kappa shape index (κ3) is 0.698. The Labute approximate surface area is 87.9 Å². The first kappa shape index (κ1) is 9.33. The summed E-state index contributed by atoms with van der Waals surface area (Å²) in [5.41, 5.74) is -1.44. The van der Waals surface area contributed by atoms with Gasteiger partial charge in [-0.15, -0.1) is 0 Å². The first-order valence-corrected chi connectivity index (χ1v) is 5.49. The fourth-order valence-electron chi connectivity index (χ4n) is 3.72. The summed E-state index contributed by atoms with van der Waals surface area (Å²) in [5, 5.41) is 0. The smallest absolute Gasteiger partial charge is 0.323 e. The van der Waals surface area contributed by atoms with E-state index in [1.54, 1.807) is 0 Å². The molecule has 4 atom stereocenters. The second-order valence-corrected chi connectivity index (χ2v) is 4.89. The van der Waals surface area contributed by atoms with Crippen LogP contribution in [0.4, 0.5) is 0 Å². The van der Waals surface area contributed by atoms with Gasteiger partial charge in [0.1, 0.15) is 10.8 Å². The number of cyclic esters (lactones) is 2. The van der Waals surface area contributed by atoms with Crippen LogP contribution in [-0.2, 0) is 19.1 Å². The molecule has 2 unspecified atom stereocenters. The van der Waals surface area contributed by atoms with Crippen molar-refractivity contribution >= 4 is 11.9 Å². The lowest BCUT2D eigenvalue weighted by atomic mass is 9.57. The molecule has 3 aliphatic rings. The van der Waals surface area contributed by atoms with Crippen LogP contribution in [0.5, 0.6) is 0 Å². The summed E-state index contributed by atoms with van der Waals surface area (Å²) < 4.78 is 10.6. The number of esters is 2. The highest BCUT2D eigenvalue weighted by atomic mass is 16.6. The molecule has 3 aliphatic heterocycles. The van der Waals surface area contributed by atoms with E-state index in [9.17, 15) is 9.59 Å². The molecule has 0 amide bonds. The Morgan fingerprint density at radius 3 is 2.53 bits per heavy atom. The fourth-order valence-corrected chi connectivity index (χ4v) is 3.72. The summed E-state index contributed by atoms with van der Waals surface area (Å²) in [6, 6.07) is 0. The normalized spacial score (nSPS) is 52.1. The number of carbonyl (C=O) groups excluding carboxylic acids is 2. The molecule has 0 aliphatic carbocycles. The Balaban J connectivity index is 2.21. The quantitative estimate of drug-likeness (QED) is 0.479. The van der Waals surface area contributed by atoms with E-state index in [1.807, 2.05) is 13.8 Å². The number of carbonyl (C=O) groups is 2. The van der Waals surface area contributed by atoms with Gasteiger partial charge in [-0.2, -0.15) is 0 Å². The van der Waals surface area contributed by atoms with Gasteiger partial charge in [0.25, 0.3) is 0 Å². The maximum atomic E-state index is 11.9. The average Bonchev–Trinajstić information content (AvgIpc) is 2.80. The Morgan fingerprint density at radius 2 is 1.93 bits per heavy atom. The molecule has 0 spiro atoms. The number of hydrogen-bond donors (Lipinski definition) is 0. The highest BCUT2D eigenvalue weighted by Gasteiger charge is 2.78. The molecule has 0 aromatic carbocycles. The SMILES string of the molecule is CC[C@]12C(=O)OC(=O)[C@@]1(C)C1CCC2O1. The van der Waals surface area contributed by atoms with Gasteiger partial charge in [0.15, 0.2) is 0 Å². The second kappa shape index (κ2) is 2.43. The van der Waals surface area contributed by atoms with Crippen molar-refractivity contribution < 1.29 is 19.1 Å². The van der Waals surface area contributed by atoms with Crippen LogP contribution in [0.3, 0.4) is 0 Å². The minimum Gasteiger partial charge on any atom is -0.392 e. The van der Waals surface area contributed by atoms with Crippen molar-refractivity contribution in [1.29, 1.82) is 0 Å². The van der Waals surface area contributed by atoms with E-state index < -0.39 is 10.8 Å². The molecule has 0 radical (unpaired) electrons. The lowest BCUT2D eigenvalue weighted by Gasteiger charge is -2.36. The van der Waals surface area contributed by atoms with E-state index in [1.165, 1.54) is 0 Å². The Hall–Kier alpha value is -0.900. The number of fused-ring (bicyclic) bond motifs is 5. The zero-order chi connectivity index (χ0) is 10.8. The molecule has 3 heterocycles. The van der Waals surface area contributed by atoms with Gasteiger partial charge in [-0.3, -0.25) is 9.59 Å². The third-order valence-electron chi connectivity index (χ3n) is 4.67. The predicted molar refractivity (Wildman–Crippen MR) is 49.8 cm³/mol. The summed E-state index contributed by atoms with van der Waals surface area (Å²) in [5.74, 6) is -0.758. The summed E-state index contributed by atoms with van der Waals surface area (Å²) in [6.45, 7) is 3.76. The Morgan fingerprint density at radius 1 is 1.27 bits per heavy atom. The molecule has 3 rings (SSSR count). The van der Waals surface area contributed by atoms with Crippen molar-refractivity contribution in [3.05, 3.63) is 0 Å². The van der Waals surface area contributed by atoms with Gasteiger partial charge >= 0.3 is 11.9 Å². The van der Waals surface area contributed by atoms with Crippen molar-refractivity contribution in [1.82, 2.24) is 0 Å². The topological polar surface area (TPSA) is 52.6 Å². The van der Waals surface area contributed by atoms with Gasteiger partial charge in [0.2, 0.25) is 0 Å². The van der Waals surface area contributed by atoms with E-state index in [-0.39, 0.29) is 24.1 Å². The Kier molecular flexibility index (Phi) is 1.51. The monoisotopic (exact) mass is 210 g/mol. The average molecular weight is 210 g/mol. The molecule has 0 N–H and O–H groups in total. The third-order valence-corrected chi connectivity index (χ3v) is 4.67. The van der Waals surface area contributed by atoms with Crippen LogP contribution < -0.4 is 0 Å². The van der Waals surface area contributed by atoms with Crippen LogP contribution in [-0.4, -0.2) is 24.1 Å². The van der Waals surface area contributed by atoms with Gasteiger partial charge in [-0.1, -0.05) is 6.92 Å². The highest BCUT2D eigenvalue weighted by Crippen LogP contribution is 2.65. The summed E-state index contributed by atoms with van der Waals surface area (Å²) >= 11 is 0. The van der Waals surface area contributed by atoms with Gasteiger partial charge in [-0.25, -0.2) is 0 Å². The molecule has 4 nitrogen and oxygen atoms in total. The molecule has 0 aromatic rings. The molecule has 0 saturated carbocycles. The van der Waals surface area contributed by atoms with Crippen molar-refractivity contribution in [2.45, 2.75) is 45.3 Å². The van der Waals surface area contributed by atoms with Crippen LogP contribution in [0.15, 0.2) is 0 Å². The maximum Gasteiger partial charge on any atom is 0.323 e. The largest absolute Gasteiger partial charge is 0.392 e. The van der Waals surface area contributed by atoms with Gasteiger partial charge < -0.3 is 9.47 Å². The first-order valence-electron chi connectivity index (χ1n) is 5.49. The van der Waals surface area contributed by atoms with Crippen LogP contribution in [0.2, 0.25) is 0 Å². The van der Waals surface area contributed by atoms with Gasteiger partial charge in [0.05, 0.1) is 12.2 Å². The zero-order valence-corrected chi connectivity index (χ0v) is 8.91. The van der Waals surface area contributed by atoms with Crippen LogP contribution in [0, 0.1) is 10.8 Å².